The lowest BCUT2D eigenvalue weighted by molar-refractivity contribution is -0.161. The molecule has 0 aliphatic heterocycles. The Morgan fingerprint density at radius 1 is 1.44 bits per heavy atom. The van der Waals surface area contributed by atoms with E-state index in [4.69, 9.17) is 4.74 Å². The third kappa shape index (κ3) is 2.14. The molecule has 4 nitrogen and oxygen atoms in total. The Hall–Kier alpha value is -1.72. The van der Waals surface area contributed by atoms with E-state index in [9.17, 15) is 9.90 Å². The summed E-state index contributed by atoms with van der Waals surface area (Å²) < 4.78 is 4.96. The molecular weight excluding hydrogens is 250 g/mol. The highest BCUT2D eigenvalue weighted by molar-refractivity contribution is 7.09. The standard InChI is InChI=1S/C13H13NO3S/c1-2-17-12(15)13(16,11-14-8-9-18-11)10-6-4-3-5-7-10/h3-9,16H,2H2,1H3/t13-/m1/s1. The Balaban J connectivity index is 2.50. The molecule has 1 aromatic carbocycles. The van der Waals surface area contributed by atoms with Crippen LogP contribution in [0.3, 0.4) is 0 Å². The highest BCUT2D eigenvalue weighted by atomic mass is 32.1. The summed E-state index contributed by atoms with van der Waals surface area (Å²) in [5, 5.41) is 12.7. The molecule has 2 rings (SSSR count). The van der Waals surface area contributed by atoms with E-state index in [0.29, 0.717) is 10.6 Å². The predicted octanol–water partition coefficient (Wildman–Crippen LogP) is 1.94. The van der Waals surface area contributed by atoms with Crippen LogP contribution >= 0.6 is 11.3 Å². The van der Waals surface area contributed by atoms with Crippen molar-refractivity contribution in [3.05, 3.63) is 52.5 Å². The number of carbonyl (C=O) groups is 1. The van der Waals surface area contributed by atoms with Crippen molar-refractivity contribution in [2.24, 2.45) is 0 Å². The maximum atomic E-state index is 12.1. The minimum Gasteiger partial charge on any atom is -0.463 e. The van der Waals surface area contributed by atoms with Gasteiger partial charge in [0, 0.05) is 17.1 Å². The molecule has 0 fully saturated rings. The largest absolute Gasteiger partial charge is 0.463 e. The molecular formula is C13H13NO3S. The number of thiazole rings is 1. The predicted molar refractivity (Wildman–Crippen MR) is 68.2 cm³/mol. The number of benzene rings is 1. The number of aliphatic hydroxyl groups is 1. The number of carbonyl (C=O) groups excluding carboxylic acids is 1. The van der Waals surface area contributed by atoms with Gasteiger partial charge in [0.2, 0.25) is 5.60 Å². The zero-order valence-corrected chi connectivity index (χ0v) is 10.7. The van der Waals surface area contributed by atoms with Crippen LogP contribution in [-0.4, -0.2) is 22.7 Å². The van der Waals surface area contributed by atoms with Gasteiger partial charge in [0.25, 0.3) is 0 Å². The van der Waals surface area contributed by atoms with E-state index in [1.807, 2.05) is 6.07 Å². The molecule has 0 spiro atoms. The second-order valence-electron chi connectivity index (χ2n) is 3.63. The van der Waals surface area contributed by atoms with Crippen LogP contribution in [-0.2, 0) is 15.1 Å². The fourth-order valence-electron chi connectivity index (χ4n) is 1.65. The second kappa shape index (κ2) is 5.29. The van der Waals surface area contributed by atoms with Crippen LogP contribution in [0.2, 0.25) is 0 Å². The molecule has 1 atom stereocenters. The van der Waals surface area contributed by atoms with Gasteiger partial charge in [-0.25, -0.2) is 9.78 Å². The number of nitrogens with zero attached hydrogens (tertiary/aromatic N) is 1. The van der Waals surface area contributed by atoms with E-state index in [-0.39, 0.29) is 6.61 Å². The minimum atomic E-state index is -1.83. The second-order valence-corrected chi connectivity index (χ2v) is 4.53. The lowest BCUT2D eigenvalue weighted by Gasteiger charge is -2.23. The van der Waals surface area contributed by atoms with Crippen LogP contribution < -0.4 is 0 Å². The molecule has 0 unspecified atom stereocenters. The molecule has 94 valence electrons. The normalized spacial score (nSPS) is 13.9. The van der Waals surface area contributed by atoms with Crippen molar-refractivity contribution in [2.75, 3.05) is 6.61 Å². The molecule has 18 heavy (non-hydrogen) atoms. The molecule has 0 amide bonds. The summed E-state index contributed by atoms with van der Waals surface area (Å²) in [5.74, 6) is -0.703. The topological polar surface area (TPSA) is 59.4 Å². The van der Waals surface area contributed by atoms with E-state index < -0.39 is 11.6 Å². The van der Waals surface area contributed by atoms with Gasteiger partial charge in [0.15, 0.2) is 0 Å². The molecule has 0 saturated heterocycles. The fraction of sp³-hybridized carbons (Fsp3) is 0.231. The summed E-state index contributed by atoms with van der Waals surface area (Å²) in [5.41, 5.74) is -1.37. The molecule has 1 N–H and O–H groups in total. The smallest absolute Gasteiger partial charge is 0.350 e. The first-order valence-corrected chi connectivity index (χ1v) is 6.42. The van der Waals surface area contributed by atoms with Gasteiger partial charge in [0.1, 0.15) is 5.01 Å². The number of hydrogen-bond donors (Lipinski definition) is 1. The number of esters is 1. The summed E-state index contributed by atoms with van der Waals surface area (Å²) in [4.78, 5) is 16.1. The van der Waals surface area contributed by atoms with E-state index in [1.54, 1.807) is 42.8 Å². The van der Waals surface area contributed by atoms with E-state index >= 15 is 0 Å². The Morgan fingerprint density at radius 2 is 2.17 bits per heavy atom. The van der Waals surface area contributed by atoms with E-state index in [1.165, 1.54) is 11.3 Å². The zero-order valence-electron chi connectivity index (χ0n) is 9.87. The molecule has 0 aliphatic rings. The van der Waals surface area contributed by atoms with Gasteiger partial charge >= 0.3 is 5.97 Å². The molecule has 0 saturated carbocycles. The van der Waals surface area contributed by atoms with E-state index in [0.717, 1.165) is 0 Å². The van der Waals surface area contributed by atoms with Crippen molar-refractivity contribution < 1.29 is 14.6 Å². The first kappa shape index (κ1) is 12.7. The van der Waals surface area contributed by atoms with Gasteiger partial charge in [-0.1, -0.05) is 30.3 Å². The average Bonchev–Trinajstić information content (AvgIpc) is 2.93. The van der Waals surface area contributed by atoms with Crippen molar-refractivity contribution in [1.82, 2.24) is 4.98 Å². The van der Waals surface area contributed by atoms with Crippen LogP contribution in [0, 0.1) is 0 Å². The summed E-state index contributed by atoms with van der Waals surface area (Å²) in [6.45, 7) is 1.91. The van der Waals surface area contributed by atoms with Gasteiger partial charge in [-0.15, -0.1) is 11.3 Å². The number of hydrogen-bond acceptors (Lipinski definition) is 5. The van der Waals surface area contributed by atoms with Gasteiger partial charge in [-0.2, -0.15) is 0 Å². The third-order valence-electron chi connectivity index (χ3n) is 2.50. The van der Waals surface area contributed by atoms with Crippen molar-refractivity contribution in [3.8, 4) is 0 Å². The van der Waals surface area contributed by atoms with Gasteiger partial charge in [-0.05, 0) is 6.92 Å². The SMILES string of the molecule is CCOC(=O)[C@@](O)(c1ccccc1)c1nccs1. The lowest BCUT2D eigenvalue weighted by atomic mass is 9.94. The quantitative estimate of drug-likeness (QED) is 0.856. The average molecular weight is 263 g/mol. The summed E-state index contributed by atoms with van der Waals surface area (Å²) >= 11 is 1.22. The molecule has 0 bridgehead atoms. The van der Waals surface area contributed by atoms with Gasteiger partial charge in [0.05, 0.1) is 6.61 Å². The van der Waals surface area contributed by atoms with Gasteiger partial charge < -0.3 is 9.84 Å². The van der Waals surface area contributed by atoms with Crippen LogP contribution in [0.15, 0.2) is 41.9 Å². The van der Waals surface area contributed by atoms with Crippen molar-refractivity contribution >= 4 is 17.3 Å². The zero-order chi connectivity index (χ0) is 13.0. The molecule has 0 radical (unpaired) electrons. The Morgan fingerprint density at radius 3 is 2.72 bits per heavy atom. The third-order valence-corrected chi connectivity index (χ3v) is 3.39. The van der Waals surface area contributed by atoms with E-state index in [2.05, 4.69) is 4.98 Å². The highest BCUT2D eigenvalue weighted by Crippen LogP contribution is 2.32. The number of rotatable bonds is 4. The van der Waals surface area contributed by atoms with Crippen LogP contribution in [0.25, 0.3) is 0 Å². The summed E-state index contributed by atoms with van der Waals surface area (Å²) in [7, 11) is 0. The number of aromatic nitrogens is 1. The molecule has 5 heteroatoms. The Labute approximate surface area is 109 Å². The van der Waals surface area contributed by atoms with Crippen molar-refractivity contribution in [2.45, 2.75) is 12.5 Å². The molecule has 1 heterocycles. The first-order valence-electron chi connectivity index (χ1n) is 5.54. The van der Waals surface area contributed by atoms with Crippen LogP contribution in [0.1, 0.15) is 17.5 Å². The Kier molecular flexibility index (Phi) is 3.74. The Bertz CT molecular complexity index is 512. The van der Waals surface area contributed by atoms with Crippen LogP contribution in [0.5, 0.6) is 0 Å². The highest BCUT2D eigenvalue weighted by Gasteiger charge is 2.43. The summed E-state index contributed by atoms with van der Waals surface area (Å²) in [6.07, 6.45) is 1.55. The maximum Gasteiger partial charge on any atom is 0.350 e. The first-order chi connectivity index (χ1) is 8.69. The lowest BCUT2D eigenvalue weighted by Crippen LogP contribution is -2.38. The van der Waals surface area contributed by atoms with Gasteiger partial charge in [-0.3, -0.25) is 0 Å². The van der Waals surface area contributed by atoms with Crippen molar-refractivity contribution in [3.63, 3.8) is 0 Å². The fourth-order valence-corrected chi connectivity index (χ4v) is 2.39. The molecule has 1 aromatic heterocycles. The number of ether oxygens (including phenoxy) is 1. The minimum absolute atomic E-state index is 0.208. The monoisotopic (exact) mass is 263 g/mol. The summed E-state index contributed by atoms with van der Waals surface area (Å²) in [6, 6.07) is 8.69. The van der Waals surface area contributed by atoms with Crippen LogP contribution in [0.4, 0.5) is 0 Å². The molecule has 0 aliphatic carbocycles. The van der Waals surface area contributed by atoms with Crippen molar-refractivity contribution in [1.29, 1.82) is 0 Å². The molecule has 2 aromatic rings. The maximum absolute atomic E-state index is 12.1.